The predicted molar refractivity (Wildman–Crippen MR) is 107 cm³/mol. The third-order valence-corrected chi connectivity index (χ3v) is 4.20. The van der Waals surface area contributed by atoms with Crippen LogP contribution in [0.1, 0.15) is 24.1 Å². The zero-order valence-corrected chi connectivity index (χ0v) is 14.4. The smallest absolute Gasteiger partial charge is 0.0478 e. The van der Waals surface area contributed by atoms with Crippen LogP contribution in [0.3, 0.4) is 0 Å². The third-order valence-electron chi connectivity index (χ3n) is 4.20. The van der Waals surface area contributed by atoms with Crippen LogP contribution in [0, 0.1) is 11.8 Å². The van der Waals surface area contributed by atoms with E-state index >= 15 is 0 Å². The van der Waals surface area contributed by atoms with E-state index < -0.39 is 0 Å². The molecule has 2 nitrogen and oxygen atoms in total. The summed E-state index contributed by atoms with van der Waals surface area (Å²) in [4.78, 5) is 0. The van der Waals surface area contributed by atoms with Crippen molar-refractivity contribution in [1.82, 2.24) is 5.32 Å². The van der Waals surface area contributed by atoms with Crippen LogP contribution >= 0.6 is 0 Å². The molecule has 0 fully saturated rings. The lowest BCUT2D eigenvalue weighted by molar-refractivity contribution is 0.621. The molecule has 0 saturated carbocycles. The Kier molecular flexibility index (Phi) is 5.51. The Morgan fingerprint density at radius 2 is 1.76 bits per heavy atom. The van der Waals surface area contributed by atoms with Gasteiger partial charge in [0.25, 0.3) is 0 Å². The average Bonchev–Trinajstić information content (AvgIpc) is 2.65. The van der Waals surface area contributed by atoms with E-state index in [0.717, 1.165) is 12.1 Å². The van der Waals surface area contributed by atoms with Crippen LogP contribution in [0.5, 0.6) is 0 Å². The molecule has 0 unspecified atom stereocenters. The molecule has 3 aromatic carbocycles. The van der Waals surface area contributed by atoms with Gasteiger partial charge in [0.2, 0.25) is 0 Å². The van der Waals surface area contributed by atoms with Gasteiger partial charge in [-0.15, -0.1) is 0 Å². The molecule has 0 bridgehead atoms. The Balaban J connectivity index is 1.60. The number of nitrogens with one attached hydrogen (secondary N) is 1. The van der Waals surface area contributed by atoms with Gasteiger partial charge < -0.3 is 11.1 Å². The van der Waals surface area contributed by atoms with Crippen molar-refractivity contribution in [3.8, 4) is 11.8 Å². The number of anilines is 1. The van der Waals surface area contributed by atoms with Crippen LogP contribution in [0.2, 0.25) is 0 Å². The molecule has 0 aliphatic rings. The molecule has 0 amide bonds. The highest BCUT2D eigenvalue weighted by molar-refractivity contribution is 5.86. The Hall–Kier alpha value is -3.02. The fraction of sp³-hybridized carbons (Fsp3) is 0.130. The standard InChI is InChI=1S/C23H22N2/c1-18(21-15-9-13-19-10-4-6-14-22(19)21)25-17-8-2-3-11-20-12-5-7-16-23(20)24/h2,4-10,12-16,18,25H,17,24H2,1H3/b8-2+/t18-/m1/s1. The van der Waals surface area contributed by atoms with Crippen LogP contribution in [-0.2, 0) is 0 Å². The molecular weight excluding hydrogens is 304 g/mol. The second-order valence-corrected chi connectivity index (χ2v) is 5.96. The van der Waals surface area contributed by atoms with Gasteiger partial charge in [-0.3, -0.25) is 0 Å². The van der Waals surface area contributed by atoms with E-state index in [-0.39, 0.29) is 6.04 Å². The summed E-state index contributed by atoms with van der Waals surface area (Å²) in [7, 11) is 0. The summed E-state index contributed by atoms with van der Waals surface area (Å²) in [5.74, 6) is 6.10. The quantitative estimate of drug-likeness (QED) is 0.539. The predicted octanol–water partition coefficient (Wildman–Crippen LogP) is 4.68. The van der Waals surface area contributed by atoms with E-state index in [1.807, 2.05) is 36.4 Å². The van der Waals surface area contributed by atoms with Crippen molar-refractivity contribution in [3.63, 3.8) is 0 Å². The number of fused-ring (bicyclic) bond motifs is 1. The van der Waals surface area contributed by atoms with E-state index in [0.29, 0.717) is 5.69 Å². The van der Waals surface area contributed by atoms with Crippen LogP contribution in [-0.4, -0.2) is 6.54 Å². The van der Waals surface area contributed by atoms with Crippen molar-refractivity contribution in [3.05, 3.63) is 90.0 Å². The maximum Gasteiger partial charge on any atom is 0.0478 e. The molecule has 0 spiro atoms. The van der Waals surface area contributed by atoms with Crippen molar-refractivity contribution in [1.29, 1.82) is 0 Å². The largest absolute Gasteiger partial charge is 0.398 e. The normalized spacial score (nSPS) is 12.0. The van der Waals surface area contributed by atoms with Crippen molar-refractivity contribution in [2.24, 2.45) is 0 Å². The van der Waals surface area contributed by atoms with Gasteiger partial charge in [0, 0.05) is 23.8 Å². The summed E-state index contributed by atoms with van der Waals surface area (Å²) in [6.07, 6.45) is 3.91. The van der Waals surface area contributed by atoms with Gasteiger partial charge in [-0.2, -0.15) is 0 Å². The highest BCUT2D eigenvalue weighted by atomic mass is 14.9. The number of nitrogen functional groups attached to an aromatic ring is 1. The Morgan fingerprint density at radius 1 is 1.00 bits per heavy atom. The second-order valence-electron chi connectivity index (χ2n) is 5.96. The van der Waals surface area contributed by atoms with Gasteiger partial charge in [-0.05, 0) is 41.5 Å². The summed E-state index contributed by atoms with van der Waals surface area (Å²) in [5, 5.41) is 6.09. The first-order valence-corrected chi connectivity index (χ1v) is 8.48. The van der Waals surface area contributed by atoms with E-state index in [1.165, 1.54) is 16.3 Å². The molecule has 0 aliphatic carbocycles. The highest BCUT2D eigenvalue weighted by Crippen LogP contribution is 2.23. The first-order chi connectivity index (χ1) is 12.3. The molecule has 1 atom stereocenters. The van der Waals surface area contributed by atoms with Gasteiger partial charge >= 0.3 is 0 Å². The number of nitrogens with two attached hydrogens (primary N) is 1. The van der Waals surface area contributed by atoms with Gasteiger partial charge in [0.15, 0.2) is 0 Å². The third kappa shape index (κ3) is 4.29. The van der Waals surface area contributed by atoms with Gasteiger partial charge in [0.1, 0.15) is 0 Å². The number of rotatable bonds is 4. The van der Waals surface area contributed by atoms with E-state index in [1.54, 1.807) is 0 Å². The molecule has 3 rings (SSSR count). The van der Waals surface area contributed by atoms with Crippen molar-refractivity contribution >= 4 is 16.5 Å². The van der Waals surface area contributed by atoms with Crippen LogP contribution in [0.15, 0.2) is 78.9 Å². The van der Waals surface area contributed by atoms with Gasteiger partial charge in [-0.25, -0.2) is 0 Å². The minimum Gasteiger partial charge on any atom is -0.398 e. The Morgan fingerprint density at radius 3 is 2.64 bits per heavy atom. The SMILES string of the molecule is C[C@@H](NC/C=C/C#Cc1ccccc1N)c1cccc2ccccc12. The Labute approximate surface area is 149 Å². The van der Waals surface area contributed by atoms with E-state index in [2.05, 4.69) is 66.5 Å². The fourth-order valence-electron chi connectivity index (χ4n) is 2.83. The van der Waals surface area contributed by atoms with E-state index in [9.17, 15) is 0 Å². The number of allylic oxidation sites excluding steroid dienone is 1. The monoisotopic (exact) mass is 326 g/mol. The fourth-order valence-corrected chi connectivity index (χ4v) is 2.83. The second kappa shape index (κ2) is 8.19. The van der Waals surface area contributed by atoms with Crippen molar-refractivity contribution in [2.45, 2.75) is 13.0 Å². The molecule has 0 heterocycles. The van der Waals surface area contributed by atoms with Gasteiger partial charge in [-0.1, -0.05) is 72.5 Å². The number of para-hydroxylation sites is 1. The minimum atomic E-state index is 0.272. The maximum atomic E-state index is 5.87. The maximum absolute atomic E-state index is 5.87. The number of hydrogen-bond acceptors (Lipinski definition) is 2. The summed E-state index contributed by atoms with van der Waals surface area (Å²) < 4.78 is 0. The van der Waals surface area contributed by atoms with Crippen molar-refractivity contribution < 1.29 is 0 Å². The molecular formula is C23H22N2. The minimum absolute atomic E-state index is 0.272. The molecule has 3 aromatic rings. The molecule has 0 aliphatic heterocycles. The average molecular weight is 326 g/mol. The van der Waals surface area contributed by atoms with Crippen molar-refractivity contribution in [2.75, 3.05) is 12.3 Å². The van der Waals surface area contributed by atoms with Crippen LogP contribution in [0.25, 0.3) is 10.8 Å². The Bertz CT molecular complexity index is 939. The highest BCUT2D eigenvalue weighted by Gasteiger charge is 2.07. The lowest BCUT2D eigenvalue weighted by atomic mass is 10.00. The molecule has 124 valence electrons. The molecule has 3 N–H and O–H groups in total. The van der Waals surface area contributed by atoms with Crippen LogP contribution < -0.4 is 11.1 Å². The molecule has 2 heteroatoms. The van der Waals surface area contributed by atoms with E-state index in [4.69, 9.17) is 5.73 Å². The lowest BCUT2D eigenvalue weighted by Gasteiger charge is -2.15. The zero-order chi connectivity index (χ0) is 17.5. The molecule has 25 heavy (non-hydrogen) atoms. The lowest BCUT2D eigenvalue weighted by Crippen LogP contribution is -2.18. The molecule has 0 radical (unpaired) electrons. The summed E-state index contributed by atoms with van der Waals surface area (Å²) in [6.45, 7) is 2.95. The summed E-state index contributed by atoms with van der Waals surface area (Å²) in [5.41, 5.74) is 8.77. The first-order valence-electron chi connectivity index (χ1n) is 8.48. The van der Waals surface area contributed by atoms with Gasteiger partial charge in [0.05, 0.1) is 0 Å². The number of hydrogen-bond donors (Lipinski definition) is 2. The first kappa shape index (κ1) is 16.8. The summed E-state index contributed by atoms with van der Waals surface area (Å²) in [6, 6.07) is 22.8. The topological polar surface area (TPSA) is 38.0 Å². The van der Waals surface area contributed by atoms with Crippen LogP contribution in [0.4, 0.5) is 5.69 Å². The summed E-state index contributed by atoms with van der Waals surface area (Å²) >= 11 is 0. The zero-order valence-electron chi connectivity index (χ0n) is 14.4. The molecule has 0 saturated heterocycles. The molecule has 0 aromatic heterocycles. The number of benzene rings is 3.